The van der Waals surface area contributed by atoms with E-state index in [4.69, 9.17) is 26.6 Å². The molecule has 5 heteroatoms. The summed E-state index contributed by atoms with van der Waals surface area (Å²) in [6, 6.07) is 6.33. The van der Waals surface area contributed by atoms with E-state index in [9.17, 15) is 4.79 Å². The molecule has 0 atom stereocenters. The van der Waals surface area contributed by atoms with Gasteiger partial charge in [0.15, 0.2) is 0 Å². The minimum atomic E-state index is -0.995. The molecule has 0 aromatic heterocycles. The quantitative estimate of drug-likeness (QED) is 0.681. The van der Waals surface area contributed by atoms with Gasteiger partial charge in [-0.1, -0.05) is 23.7 Å². The van der Waals surface area contributed by atoms with Gasteiger partial charge in [0.25, 0.3) is 6.47 Å². The summed E-state index contributed by atoms with van der Waals surface area (Å²) in [6.07, 6.45) is 0. The minimum Gasteiger partial charge on any atom is -0.483 e. The zero-order chi connectivity index (χ0) is 10.3. The fourth-order valence-electron chi connectivity index (χ4n) is 0.635. The number of carboxylic acids is 1. The monoisotopic (exact) mass is 202 g/mol. The lowest BCUT2D eigenvalue weighted by Crippen LogP contribution is -1.95. The predicted molar refractivity (Wildman–Crippen MR) is 47.1 cm³/mol. The van der Waals surface area contributed by atoms with Crippen molar-refractivity contribution in [1.82, 2.24) is 0 Å². The van der Waals surface area contributed by atoms with Gasteiger partial charge in [-0.3, -0.25) is 4.79 Å². The first-order valence-electron chi connectivity index (χ1n) is 3.19. The van der Waals surface area contributed by atoms with E-state index in [0.717, 1.165) is 0 Å². The molecule has 1 aromatic carbocycles. The molecular weight excluding hydrogens is 196 g/mol. The maximum absolute atomic E-state index is 10.3. The molecule has 13 heavy (non-hydrogen) atoms. The summed E-state index contributed by atoms with van der Waals surface area (Å²) in [5, 5.41) is 15.6. The molecule has 70 valence electrons. The highest BCUT2D eigenvalue weighted by molar-refractivity contribution is 6.33. The molecule has 1 aromatic rings. The van der Waals surface area contributed by atoms with Crippen LogP contribution in [0.5, 0.6) is 0 Å². The molecule has 4 nitrogen and oxygen atoms in total. The molecule has 0 radical (unpaired) electrons. The highest BCUT2D eigenvalue weighted by atomic mass is 35.5. The average Bonchev–Trinajstić information content (AvgIpc) is 2.06. The van der Waals surface area contributed by atoms with Gasteiger partial charge in [0.05, 0.1) is 10.6 Å². The Labute approximate surface area is 79.4 Å². The van der Waals surface area contributed by atoms with Crippen LogP contribution in [-0.2, 0) is 4.79 Å². The van der Waals surface area contributed by atoms with Crippen LogP contribution in [0.25, 0.3) is 0 Å². The summed E-state index contributed by atoms with van der Waals surface area (Å²) in [5.41, 5.74) is 0.143. The predicted octanol–water partition coefficient (Wildman–Crippen LogP) is 1.74. The van der Waals surface area contributed by atoms with E-state index in [1.54, 1.807) is 18.2 Å². The first-order valence-corrected chi connectivity index (χ1v) is 3.57. The first-order chi connectivity index (χ1) is 6.13. The summed E-state index contributed by atoms with van der Waals surface area (Å²) < 4.78 is 0. The number of aromatic carboxylic acids is 1. The number of hydrogen-bond acceptors (Lipinski definition) is 2. The van der Waals surface area contributed by atoms with Gasteiger partial charge in [-0.2, -0.15) is 0 Å². The highest BCUT2D eigenvalue weighted by Crippen LogP contribution is 2.13. The van der Waals surface area contributed by atoms with Crippen LogP contribution in [0.4, 0.5) is 0 Å². The average molecular weight is 203 g/mol. The molecule has 0 amide bonds. The van der Waals surface area contributed by atoms with Crippen LogP contribution in [0, 0.1) is 0 Å². The van der Waals surface area contributed by atoms with Crippen LogP contribution >= 0.6 is 11.6 Å². The van der Waals surface area contributed by atoms with Crippen molar-refractivity contribution >= 4 is 24.0 Å². The largest absolute Gasteiger partial charge is 0.483 e. The Hall–Kier alpha value is -1.55. The molecule has 0 aliphatic carbocycles. The summed E-state index contributed by atoms with van der Waals surface area (Å²) >= 11 is 5.54. The third kappa shape index (κ3) is 4.12. The molecule has 0 saturated heterocycles. The van der Waals surface area contributed by atoms with Crippen LogP contribution in [0.15, 0.2) is 24.3 Å². The smallest absolute Gasteiger partial charge is 0.337 e. The number of carboxylic acid groups (broad SMARTS) is 2. The van der Waals surface area contributed by atoms with Crippen molar-refractivity contribution in [3.8, 4) is 0 Å². The Balaban J connectivity index is 0.000000424. The van der Waals surface area contributed by atoms with E-state index in [-0.39, 0.29) is 17.1 Å². The maximum atomic E-state index is 10.3. The lowest BCUT2D eigenvalue weighted by Gasteiger charge is -1.94. The molecule has 1 rings (SSSR count). The maximum Gasteiger partial charge on any atom is 0.337 e. The van der Waals surface area contributed by atoms with Crippen LogP contribution < -0.4 is 0 Å². The topological polar surface area (TPSA) is 74.6 Å². The van der Waals surface area contributed by atoms with Crippen molar-refractivity contribution in [1.29, 1.82) is 0 Å². The van der Waals surface area contributed by atoms with E-state index in [2.05, 4.69) is 0 Å². The van der Waals surface area contributed by atoms with E-state index < -0.39 is 5.97 Å². The fourth-order valence-corrected chi connectivity index (χ4v) is 0.851. The van der Waals surface area contributed by atoms with Crippen molar-refractivity contribution in [2.45, 2.75) is 0 Å². The minimum absolute atomic E-state index is 0.143. The first kappa shape index (κ1) is 11.4. The fraction of sp³-hybridized carbons (Fsp3) is 0. The van der Waals surface area contributed by atoms with Crippen molar-refractivity contribution in [2.75, 3.05) is 0 Å². The van der Waals surface area contributed by atoms with Crippen molar-refractivity contribution in [3.05, 3.63) is 34.9 Å². The van der Waals surface area contributed by atoms with Crippen molar-refractivity contribution < 1.29 is 19.8 Å². The second kappa shape index (κ2) is 6.02. The molecule has 0 fully saturated rings. The van der Waals surface area contributed by atoms with E-state index in [1.165, 1.54) is 6.07 Å². The number of rotatable bonds is 1. The Kier molecular flexibility index (Phi) is 5.30. The summed E-state index contributed by atoms with van der Waals surface area (Å²) in [7, 11) is 0. The van der Waals surface area contributed by atoms with Crippen LogP contribution in [0.3, 0.4) is 0 Å². The van der Waals surface area contributed by atoms with E-state index >= 15 is 0 Å². The van der Waals surface area contributed by atoms with Gasteiger partial charge < -0.3 is 10.2 Å². The summed E-state index contributed by atoms with van der Waals surface area (Å²) in [4.78, 5) is 18.7. The number of carbonyl (C=O) groups is 2. The van der Waals surface area contributed by atoms with Gasteiger partial charge in [0, 0.05) is 0 Å². The Morgan fingerprint density at radius 2 is 1.85 bits per heavy atom. The van der Waals surface area contributed by atoms with Crippen molar-refractivity contribution in [3.63, 3.8) is 0 Å². The molecule has 2 N–H and O–H groups in total. The van der Waals surface area contributed by atoms with Gasteiger partial charge >= 0.3 is 5.97 Å². The van der Waals surface area contributed by atoms with Crippen molar-refractivity contribution in [2.24, 2.45) is 0 Å². The Bertz CT molecular complexity index is 298. The number of hydrogen-bond donors (Lipinski definition) is 2. The number of benzene rings is 1. The molecule has 0 heterocycles. The van der Waals surface area contributed by atoms with Gasteiger partial charge in [-0.05, 0) is 12.1 Å². The van der Waals surface area contributed by atoms with Crippen LogP contribution in [0.1, 0.15) is 10.4 Å². The SMILES string of the molecule is O=C(O)c1ccccc1Cl.O=CO. The highest BCUT2D eigenvalue weighted by Gasteiger charge is 2.04. The Morgan fingerprint density at radius 3 is 2.15 bits per heavy atom. The second-order valence-corrected chi connectivity index (χ2v) is 2.30. The molecule has 0 aliphatic rings. The van der Waals surface area contributed by atoms with Gasteiger partial charge in [-0.25, -0.2) is 4.79 Å². The molecule has 0 spiro atoms. The molecule has 0 unspecified atom stereocenters. The molecule has 0 saturated carbocycles. The van der Waals surface area contributed by atoms with Gasteiger partial charge in [0.1, 0.15) is 0 Å². The van der Waals surface area contributed by atoms with Crippen LogP contribution in [0.2, 0.25) is 5.02 Å². The third-order valence-electron chi connectivity index (χ3n) is 1.10. The summed E-state index contributed by atoms with van der Waals surface area (Å²) in [6.45, 7) is -0.250. The van der Waals surface area contributed by atoms with Gasteiger partial charge in [0.2, 0.25) is 0 Å². The van der Waals surface area contributed by atoms with Gasteiger partial charge in [-0.15, -0.1) is 0 Å². The molecule has 0 aliphatic heterocycles. The Morgan fingerprint density at radius 1 is 1.38 bits per heavy atom. The second-order valence-electron chi connectivity index (χ2n) is 1.89. The lowest BCUT2D eigenvalue weighted by molar-refractivity contribution is -0.122. The van der Waals surface area contributed by atoms with Crippen LogP contribution in [-0.4, -0.2) is 22.7 Å². The lowest BCUT2D eigenvalue weighted by atomic mass is 10.2. The standard InChI is InChI=1S/C7H5ClO2.CH2O2/c8-6-4-2-1-3-5(6)7(9)10;2-1-3/h1-4H,(H,9,10);1H,(H,2,3). The normalized spacial score (nSPS) is 8.08. The zero-order valence-electron chi connectivity index (χ0n) is 6.48. The third-order valence-corrected chi connectivity index (χ3v) is 1.43. The number of halogens is 1. The van der Waals surface area contributed by atoms with E-state index in [1.807, 2.05) is 0 Å². The molecular formula is C8H7ClO4. The summed E-state index contributed by atoms with van der Waals surface area (Å²) in [5.74, 6) is -0.995. The molecule has 0 bridgehead atoms. The van der Waals surface area contributed by atoms with E-state index in [0.29, 0.717) is 0 Å². The zero-order valence-corrected chi connectivity index (χ0v) is 7.23.